The van der Waals surface area contributed by atoms with Gasteiger partial charge in [0.1, 0.15) is 0 Å². The molecule has 0 aromatic heterocycles. The summed E-state index contributed by atoms with van der Waals surface area (Å²) in [6.45, 7) is 0. The predicted molar refractivity (Wildman–Crippen MR) is 49.4 cm³/mol. The Hall–Kier alpha value is -0.530. The zero-order valence-corrected chi connectivity index (χ0v) is 7.46. The maximum absolute atomic E-state index is 9.43. The van der Waals surface area contributed by atoms with Crippen LogP contribution in [0.4, 0.5) is 0 Å². The topological polar surface area (TPSA) is 20.2 Å². The van der Waals surface area contributed by atoms with Crippen LogP contribution in [0.5, 0.6) is 0 Å². The summed E-state index contributed by atoms with van der Waals surface area (Å²) >= 11 is 5.99. The van der Waals surface area contributed by atoms with Gasteiger partial charge in [0.25, 0.3) is 0 Å². The van der Waals surface area contributed by atoms with Crippen molar-refractivity contribution in [1.82, 2.24) is 0 Å². The fraction of sp³-hybridized carbons (Fsp3) is 0.400. The summed E-state index contributed by atoms with van der Waals surface area (Å²) in [5.41, 5.74) is 1.10. The average molecular weight is 183 g/mol. The Morgan fingerprint density at radius 2 is 2.00 bits per heavy atom. The van der Waals surface area contributed by atoms with Crippen LogP contribution >= 0.6 is 11.6 Å². The monoisotopic (exact) mass is 182 g/mol. The minimum atomic E-state index is -0.176. The molecule has 1 saturated carbocycles. The third kappa shape index (κ3) is 1.23. The summed E-state index contributed by atoms with van der Waals surface area (Å²) in [5.74, 6) is 0.277. The molecule has 2 rings (SSSR count). The van der Waals surface area contributed by atoms with E-state index in [2.05, 4.69) is 0 Å². The van der Waals surface area contributed by atoms with E-state index in [1.807, 2.05) is 24.3 Å². The quantitative estimate of drug-likeness (QED) is 0.708. The second kappa shape index (κ2) is 3.08. The molecular weight excluding hydrogens is 172 g/mol. The highest BCUT2D eigenvalue weighted by molar-refractivity contribution is 6.31. The van der Waals surface area contributed by atoms with Crippen LogP contribution in [0, 0.1) is 0 Å². The largest absolute Gasteiger partial charge is 0.392 e. The van der Waals surface area contributed by atoms with Crippen molar-refractivity contribution in [2.75, 3.05) is 0 Å². The number of benzene rings is 1. The first-order valence-corrected chi connectivity index (χ1v) is 4.59. The number of hydrogen-bond donors (Lipinski definition) is 1. The van der Waals surface area contributed by atoms with E-state index in [1.54, 1.807) is 0 Å². The van der Waals surface area contributed by atoms with Gasteiger partial charge in [-0.3, -0.25) is 0 Å². The number of hydrogen-bond acceptors (Lipinski definition) is 1. The maximum atomic E-state index is 9.43. The van der Waals surface area contributed by atoms with Crippen LogP contribution < -0.4 is 0 Å². The standard InChI is InChI=1S/C10H11ClO/c11-9-4-2-1-3-7(9)8-5-6-10(8)12/h1-4,8,10,12H,5-6H2/t8-,10-/m0/s1. The van der Waals surface area contributed by atoms with Gasteiger partial charge in [-0.25, -0.2) is 0 Å². The van der Waals surface area contributed by atoms with E-state index in [-0.39, 0.29) is 12.0 Å². The molecule has 0 aliphatic heterocycles. The number of rotatable bonds is 1. The highest BCUT2D eigenvalue weighted by Gasteiger charge is 2.31. The van der Waals surface area contributed by atoms with Crippen LogP contribution in [0.2, 0.25) is 5.02 Å². The van der Waals surface area contributed by atoms with Crippen molar-refractivity contribution in [3.63, 3.8) is 0 Å². The molecule has 1 N–H and O–H groups in total. The lowest BCUT2D eigenvalue weighted by Gasteiger charge is -2.33. The highest BCUT2D eigenvalue weighted by atomic mass is 35.5. The molecule has 64 valence electrons. The second-order valence-electron chi connectivity index (χ2n) is 3.27. The van der Waals surface area contributed by atoms with Crippen molar-refractivity contribution in [3.05, 3.63) is 34.9 Å². The molecule has 1 aromatic rings. The van der Waals surface area contributed by atoms with Gasteiger partial charge in [0.05, 0.1) is 6.10 Å². The molecule has 1 aromatic carbocycles. The molecule has 2 atom stereocenters. The number of aliphatic hydroxyl groups is 1. The molecule has 0 saturated heterocycles. The smallest absolute Gasteiger partial charge is 0.0609 e. The predicted octanol–water partition coefficient (Wildman–Crippen LogP) is 2.58. The summed E-state index contributed by atoms with van der Waals surface area (Å²) in [6, 6.07) is 7.75. The van der Waals surface area contributed by atoms with Crippen LogP contribution in [0.3, 0.4) is 0 Å². The first-order chi connectivity index (χ1) is 5.79. The Kier molecular flexibility index (Phi) is 2.07. The Labute approximate surface area is 77.0 Å². The first-order valence-electron chi connectivity index (χ1n) is 4.21. The molecule has 0 unspecified atom stereocenters. The lowest BCUT2D eigenvalue weighted by molar-refractivity contribution is 0.0662. The van der Waals surface area contributed by atoms with E-state index in [0.29, 0.717) is 0 Å². The van der Waals surface area contributed by atoms with Gasteiger partial charge in [0, 0.05) is 10.9 Å². The average Bonchev–Trinajstić information content (AvgIpc) is 2.06. The van der Waals surface area contributed by atoms with E-state index >= 15 is 0 Å². The van der Waals surface area contributed by atoms with E-state index in [0.717, 1.165) is 23.4 Å². The maximum Gasteiger partial charge on any atom is 0.0609 e. The van der Waals surface area contributed by atoms with Crippen LogP contribution in [0.25, 0.3) is 0 Å². The van der Waals surface area contributed by atoms with Gasteiger partial charge in [0.2, 0.25) is 0 Å². The summed E-state index contributed by atoms with van der Waals surface area (Å²) < 4.78 is 0. The Morgan fingerprint density at radius 3 is 2.50 bits per heavy atom. The van der Waals surface area contributed by atoms with Gasteiger partial charge in [0.15, 0.2) is 0 Å². The van der Waals surface area contributed by atoms with Gasteiger partial charge >= 0.3 is 0 Å². The molecule has 1 fully saturated rings. The van der Waals surface area contributed by atoms with Crippen molar-refractivity contribution in [2.45, 2.75) is 24.9 Å². The molecule has 1 nitrogen and oxygen atoms in total. The van der Waals surface area contributed by atoms with E-state index in [9.17, 15) is 5.11 Å². The Morgan fingerprint density at radius 1 is 1.25 bits per heavy atom. The van der Waals surface area contributed by atoms with Crippen molar-refractivity contribution in [3.8, 4) is 0 Å². The first kappa shape index (κ1) is 8.09. The van der Waals surface area contributed by atoms with Gasteiger partial charge in [-0.2, -0.15) is 0 Å². The van der Waals surface area contributed by atoms with Gasteiger partial charge in [-0.1, -0.05) is 29.8 Å². The zero-order chi connectivity index (χ0) is 8.55. The summed E-state index contributed by atoms with van der Waals surface area (Å²) in [5, 5.41) is 10.2. The number of halogens is 1. The van der Waals surface area contributed by atoms with Crippen molar-refractivity contribution >= 4 is 11.6 Å². The molecular formula is C10H11ClO. The summed E-state index contributed by atoms with van der Waals surface area (Å²) in [7, 11) is 0. The normalized spacial score (nSPS) is 28.2. The van der Waals surface area contributed by atoms with Gasteiger partial charge < -0.3 is 5.11 Å². The number of aliphatic hydroxyl groups excluding tert-OH is 1. The fourth-order valence-electron chi connectivity index (χ4n) is 1.62. The third-order valence-corrected chi connectivity index (χ3v) is 2.89. The molecule has 1 aliphatic carbocycles. The Balaban J connectivity index is 2.27. The zero-order valence-electron chi connectivity index (χ0n) is 6.70. The fourth-order valence-corrected chi connectivity index (χ4v) is 1.90. The van der Waals surface area contributed by atoms with Gasteiger partial charge in [-0.05, 0) is 24.5 Å². The van der Waals surface area contributed by atoms with Crippen LogP contribution in [0.15, 0.2) is 24.3 Å². The van der Waals surface area contributed by atoms with Crippen LogP contribution in [-0.4, -0.2) is 11.2 Å². The molecule has 0 bridgehead atoms. The van der Waals surface area contributed by atoms with Crippen molar-refractivity contribution < 1.29 is 5.11 Å². The lowest BCUT2D eigenvalue weighted by Crippen LogP contribution is -2.28. The molecule has 0 spiro atoms. The van der Waals surface area contributed by atoms with Crippen molar-refractivity contribution in [1.29, 1.82) is 0 Å². The minimum Gasteiger partial charge on any atom is -0.392 e. The van der Waals surface area contributed by atoms with Crippen LogP contribution in [0.1, 0.15) is 24.3 Å². The van der Waals surface area contributed by atoms with E-state index < -0.39 is 0 Å². The highest BCUT2D eigenvalue weighted by Crippen LogP contribution is 2.39. The third-order valence-electron chi connectivity index (χ3n) is 2.54. The summed E-state index contributed by atoms with van der Waals surface area (Å²) in [4.78, 5) is 0. The molecule has 1 aliphatic rings. The molecule has 0 heterocycles. The summed E-state index contributed by atoms with van der Waals surface area (Å²) in [6.07, 6.45) is 1.80. The van der Waals surface area contributed by atoms with Gasteiger partial charge in [-0.15, -0.1) is 0 Å². The molecule has 12 heavy (non-hydrogen) atoms. The molecule has 0 amide bonds. The van der Waals surface area contributed by atoms with Crippen LogP contribution in [-0.2, 0) is 0 Å². The lowest BCUT2D eigenvalue weighted by atomic mass is 9.77. The SMILES string of the molecule is O[C@H]1CC[C@H]1c1ccccc1Cl. The molecule has 0 radical (unpaired) electrons. The van der Waals surface area contributed by atoms with E-state index in [4.69, 9.17) is 11.6 Å². The second-order valence-corrected chi connectivity index (χ2v) is 3.68. The Bertz CT molecular complexity index is 285. The minimum absolute atomic E-state index is 0.176. The molecule has 2 heteroatoms. The van der Waals surface area contributed by atoms with E-state index in [1.165, 1.54) is 0 Å². The van der Waals surface area contributed by atoms with Crippen molar-refractivity contribution in [2.24, 2.45) is 0 Å².